The molecule has 2 atom stereocenters. The summed E-state index contributed by atoms with van der Waals surface area (Å²) in [4.78, 5) is 11.9. The van der Waals surface area contributed by atoms with Crippen molar-refractivity contribution >= 4 is 27.3 Å². The molecular formula is C12H11ClF3NO3S. The monoisotopic (exact) mass is 341 g/mol. The lowest BCUT2D eigenvalue weighted by Crippen LogP contribution is -2.40. The quantitative estimate of drug-likeness (QED) is 0.835. The Hall–Kier alpha value is -1.28. The molecule has 9 heteroatoms. The Labute approximate surface area is 124 Å². The van der Waals surface area contributed by atoms with Crippen LogP contribution in [0.15, 0.2) is 24.3 Å². The van der Waals surface area contributed by atoms with E-state index in [1.807, 2.05) is 0 Å². The molecule has 1 saturated heterocycles. The van der Waals surface area contributed by atoms with Crippen LogP contribution in [0, 0.1) is 0 Å². The molecule has 1 N–H and O–H groups in total. The number of alkyl halides is 4. The van der Waals surface area contributed by atoms with Gasteiger partial charge in [-0.1, -0.05) is 6.07 Å². The molecule has 1 heterocycles. The van der Waals surface area contributed by atoms with Crippen molar-refractivity contribution in [1.29, 1.82) is 0 Å². The van der Waals surface area contributed by atoms with Gasteiger partial charge in [-0.15, -0.1) is 11.6 Å². The number of hydrogen-bond acceptors (Lipinski definition) is 3. The van der Waals surface area contributed by atoms with Gasteiger partial charge in [0.05, 0.1) is 28.5 Å². The minimum atomic E-state index is -4.55. The molecule has 0 aliphatic carbocycles. The topological polar surface area (TPSA) is 63.2 Å². The fourth-order valence-electron chi connectivity index (χ4n) is 2.03. The lowest BCUT2D eigenvalue weighted by molar-refractivity contribution is -0.137. The number of carbonyl (C=O) groups excluding carboxylic acids is 1. The van der Waals surface area contributed by atoms with Gasteiger partial charge >= 0.3 is 6.18 Å². The highest BCUT2D eigenvalue weighted by Gasteiger charge is 2.37. The third kappa shape index (κ3) is 3.88. The molecule has 0 aromatic heterocycles. The first-order chi connectivity index (χ1) is 9.58. The van der Waals surface area contributed by atoms with Gasteiger partial charge in [0.15, 0.2) is 9.84 Å². The zero-order valence-electron chi connectivity index (χ0n) is 10.5. The largest absolute Gasteiger partial charge is 0.416 e. The van der Waals surface area contributed by atoms with Gasteiger partial charge in [0, 0.05) is 5.56 Å². The average molecular weight is 342 g/mol. The highest BCUT2D eigenvalue weighted by molar-refractivity contribution is 7.91. The summed E-state index contributed by atoms with van der Waals surface area (Å²) >= 11 is 5.82. The maximum absolute atomic E-state index is 12.6. The molecule has 2 rings (SSSR count). The Kier molecular flexibility index (Phi) is 4.21. The maximum atomic E-state index is 12.6. The predicted octanol–water partition coefficient (Wildman–Crippen LogP) is 1.84. The van der Waals surface area contributed by atoms with Gasteiger partial charge < -0.3 is 5.32 Å². The smallest absolute Gasteiger partial charge is 0.347 e. The van der Waals surface area contributed by atoms with Crippen LogP contribution in [0.4, 0.5) is 13.2 Å². The average Bonchev–Trinajstić information content (AvgIpc) is 2.61. The predicted molar refractivity (Wildman–Crippen MR) is 71.0 cm³/mol. The van der Waals surface area contributed by atoms with E-state index < -0.39 is 38.9 Å². The second-order valence-corrected chi connectivity index (χ2v) is 7.47. The molecule has 4 nitrogen and oxygen atoms in total. The second-order valence-electron chi connectivity index (χ2n) is 4.75. The summed E-state index contributed by atoms with van der Waals surface area (Å²) in [6.07, 6.45) is -4.55. The number of amides is 1. The van der Waals surface area contributed by atoms with Gasteiger partial charge in [-0.05, 0) is 18.2 Å². The van der Waals surface area contributed by atoms with Crippen molar-refractivity contribution in [3.05, 3.63) is 35.4 Å². The van der Waals surface area contributed by atoms with E-state index in [1.165, 1.54) is 6.07 Å². The SMILES string of the molecule is O=C(N[C@H]1CS(=O)(=O)C[C@H]1Cl)c1cccc(C(F)(F)F)c1. The van der Waals surface area contributed by atoms with E-state index in [9.17, 15) is 26.4 Å². The van der Waals surface area contributed by atoms with Crippen LogP contribution in [0.5, 0.6) is 0 Å². The van der Waals surface area contributed by atoms with E-state index in [4.69, 9.17) is 11.6 Å². The van der Waals surface area contributed by atoms with Crippen molar-refractivity contribution in [2.24, 2.45) is 0 Å². The van der Waals surface area contributed by atoms with Crippen LogP contribution in [0.1, 0.15) is 15.9 Å². The van der Waals surface area contributed by atoms with Crippen LogP contribution in [0.3, 0.4) is 0 Å². The first kappa shape index (κ1) is 16.1. The van der Waals surface area contributed by atoms with Gasteiger partial charge in [-0.2, -0.15) is 13.2 Å². The third-order valence-corrected chi connectivity index (χ3v) is 5.43. The van der Waals surface area contributed by atoms with E-state index in [-0.39, 0.29) is 17.1 Å². The van der Waals surface area contributed by atoms with Crippen molar-refractivity contribution < 1.29 is 26.4 Å². The fourth-order valence-corrected chi connectivity index (χ4v) is 4.58. The van der Waals surface area contributed by atoms with Crippen LogP contribution in [0.2, 0.25) is 0 Å². The highest BCUT2D eigenvalue weighted by atomic mass is 35.5. The Morgan fingerprint density at radius 3 is 2.48 bits per heavy atom. The number of nitrogens with one attached hydrogen (secondary N) is 1. The second kappa shape index (κ2) is 5.49. The van der Waals surface area contributed by atoms with Gasteiger partial charge in [-0.25, -0.2) is 8.42 Å². The molecular weight excluding hydrogens is 331 g/mol. The summed E-state index contributed by atoms with van der Waals surface area (Å²) < 4.78 is 60.4. The molecule has 116 valence electrons. The third-order valence-electron chi connectivity index (χ3n) is 3.05. The molecule has 1 aliphatic heterocycles. The van der Waals surface area contributed by atoms with E-state index >= 15 is 0 Å². The Morgan fingerprint density at radius 1 is 1.29 bits per heavy atom. The van der Waals surface area contributed by atoms with Gasteiger partial charge in [-0.3, -0.25) is 4.79 Å². The lowest BCUT2D eigenvalue weighted by Gasteiger charge is -2.15. The van der Waals surface area contributed by atoms with E-state index in [0.29, 0.717) is 6.07 Å². The molecule has 1 aliphatic rings. The van der Waals surface area contributed by atoms with Crippen LogP contribution < -0.4 is 5.32 Å². The molecule has 0 saturated carbocycles. The number of rotatable bonds is 2. The molecule has 0 bridgehead atoms. The Bertz CT molecular complexity index is 660. The van der Waals surface area contributed by atoms with Gasteiger partial charge in [0.2, 0.25) is 0 Å². The number of hydrogen-bond donors (Lipinski definition) is 1. The van der Waals surface area contributed by atoms with Crippen molar-refractivity contribution in [1.82, 2.24) is 5.32 Å². The van der Waals surface area contributed by atoms with E-state index in [1.54, 1.807) is 0 Å². The van der Waals surface area contributed by atoms with Gasteiger partial charge in [0.1, 0.15) is 0 Å². The number of sulfone groups is 1. The van der Waals surface area contributed by atoms with Crippen LogP contribution in [0.25, 0.3) is 0 Å². The normalized spacial score (nSPS) is 24.8. The van der Waals surface area contributed by atoms with E-state index in [0.717, 1.165) is 12.1 Å². The Balaban J connectivity index is 2.15. The first-order valence-electron chi connectivity index (χ1n) is 5.91. The highest BCUT2D eigenvalue weighted by Crippen LogP contribution is 2.29. The summed E-state index contributed by atoms with van der Waals surface area (Å²) in [6.45, 7) is 0. The molecule has 21 heavy (non-hydrogen) atoms. The van der Waals surface area contributed by atoms with Crippen LogP contribution >= 0.6 is 11.6 Å². The minimum absolute atomic E-state index is 0.196. The summed E-state index contributed by atoms with van der Waals surface area (Å²) in [5, 5.41) is 1.57. The summed E-state index contributed by atoms with van der Waals surface area (Å²) in [6, 6.07) is 3.08. The molecule has 1 aromatic rings. The molecule has 0 spiro atoms. The molecule has 0 radical (unpaired) electrons. The van der Waals surface area contributed by atoms with Crippen molar-refractivity contribution in [2.45, 2.75) is 17.6 Å². The Morgan fingerprint density at radius 2 is 1.95 bits per heavy atom. The lowest BCUT2D eigenvalue weighted by atomic mass is 10.1. The molecule has 1 aromatic carbocycles. The molecule has 1 amide bonds. The van der Waals surface area contributed by atoms with Crippen molar-refractivity contribution in [3.63, 3.8) is 0 Å². The first-order valence-corrected chi connectivity index (χ1v) is 8.17. The van der Waals surface area contributed by atoms with Crippen molar-refractivity contribution in [2.75, 3.05) is 11.5 Å². The number of benzene rings is 1. The zero-order chi connectivity index (χ0) is 15.8. The standard InChI is InChI=1S/C12H11ClF3NO3S/c13-9-5-21(19,20)6-10(9)17-11(18)7-2-1-3-8(4-7)12(14,15)16/h1-4,9-10H,5-6H2,(H,17,18)/t9-,10+/m1/s1. The maximum Gasteiger partial charge on any atom is 0.416 e. The minimum Gasteiger partial charge on any atom is -0.347 e. The molecule has 1 fully saturated rings. The summed E-state index contributed by atoms with van der Waals surface area (Å²) in [7, 11) is -3.33. The fraction of sp³-hybridized carbons (Fsp3) is 0.417. The zero-order valence-corrected chi connectivity index (χ0v) is 12.1. The van der Waals surface area contributed by atoms with E-state index in [2.05, 4.69) is 5.32 Å². The molecule has 0 unspecified atom stereocenters. The van der Waals surface area contributed by atoms with Crippen LogP contribution in [-0.4, -0.2) is 37.2 Å². The summed E-state index contributed by atoms with van der Waals surface area (Å²) in [5.74, 6) is -1.36. The summed E-state index contributed by atoms with van der Waals surface area (Å²) in [5.41, 5.74) is -1.14. The number of halogens is 4. The van der Waals surface area contributed by atoms with Crippen LogP contribution in [-0.2, 0) is 16.0 Å². The van der Waals surface area contributed by atoms with Gasteiger partial charge in [0.25, 0.3) is 5.91 Å². The number of carbonyl (C=O) groups is 1. The van der Waals surface area contributed by atoms with Crippen molar-refractivity contribution in [3.8, 4) is 0 Å².